The van der Waals surface area contributed by atoms with Crippen LogP contribution in [0, 0.1) is 0 Å². The summed E-state index contributed by atoms with van der Waals surface area (Å²) >= 11 is 0. The summed E-state index contributed by atoms with van der Waals surface area (Å²) in [5.74, 6) is 0.479. The molecule has 0 unspecified atom stereocenters. The fourth-order valence-electron chi connectivity index (χ4n) is 4.82. The van der Waals surface area contributed by atoms with E-state index < -0.39 is 0 Å². The van der Waals surface area contributed by atoms with Crippen LogP contribution in [0.25, 0.3) is 10.9 Å². The first-order valence-electron chi connectivity index (χ1n) is 9.46. The Morgan fingerprint density at radius 1 is 1.36 bits per heavy atom. The largest absolute Gasteiger partial charge is 0.361 e. The van der Waals surface area contributed by atoms with Gasteiger partial charge >= 0.3 is 6.03 Å². The lowest BCUT2D eigenvalue weighted by molar-refractivity contribution is 0.124. The Labute approximate surface area is 149 Å². The smallest absolute Gasteiger partial charge is 0.317 e. The van der Waals surface area contributed by atoms with Gasteiger partial charge in [0, 0.05) is 54.7 Å². The number of benzene rings is 1. The van der Waals surface area contributed by atoms with Gasteiger partial charge < -0.3 is 20.1 Å². The molecule has 0 bridgehead atoms. The first-order valence-corrected chi connectivity index (χ1v) is 9.46. The number of likely N-dealkylation sites (N-methyl/N-ethyl adjacent to an activating group) is 1. The fraction of sp³-hybridized carbons (Fsp3) is 0.550. The highest BCUT2D eigenvalue weighted by Gasteiger charge is 2.39. The van der Waals surface area contributed by atoms with Crippen molar-refractivity contribution in [1.29, 1.82) is 0 Å². The van der Waals surface area contributed by atoms with E-state index in [1.807, 2.05) is 18.7 Å². The number of hydrogen-bond donors (Lipinski definition) is 2. The second-order valence-electron chi connectivity index (χ2n) is 7.46. The number of hydrogen-bond acceptors (Lipinski definition) is 2. The molecule has 1 aromatic carbocycles. The van der Waals surface area contributed by atoms with Crippen LogP contribution in [0.3, 0.4) is 0 Å². The van der Waals surface area contributed by atoms with Gasteiger partial charge in [0.1, 0.15) is 0 Å². The highest BCUT2D eigenvalue weighted by Crippen LogP contribution is 2.42. The van der Waals surface area contributed by atoms with E-state index in [0.29, 0.717) is 12.0 Å². The normalized spacial score (nSPS) is 25.6. The molecule has 1 fully saturated rings. The zero-order chi connectivity index (χ0) is 17.6. The first-order chi connectivity index (χ1) is 12.1. The SMILES string of the molecule is CCN(CC)C(=O)N[C@@H]1C[C@H]2c3cccc4[nH]cc(c34)C[C@@H]2N(C)C1. The first kappa shape index (κ1) is 16.5. The summed E-state index contributed by atoms with van der Waals surface area (Å²) in [5.41, 5.74) is 4.12. The van der Waals surface area contributed by atoms with Gasteiger partial charge in [-0.3, -0.25) is 0 Å². The highest BCUT2D eigenvalue weighted by molar-refractivity contribution is 5.88. The van der Waals surface area contributed by atoms with Crippen molar-refractivity contribution in [2.45, 2.75) is 44.7 Å². The van der Waals surface area contributed by atoms with Crippen LogP contribution in [0.1, 0.15) is 37.3 Å². The number of carbonyl (C=O) groups is 1. The molecule has 1 aromatic heterocycles. The number of piperidine rings is 1. The molecule has 4 rings (SSSR count). The average Bonchev–Trinajstić information content (AvgIpc) is 3.02. The van der Waals surface area contributed by atoms with Crippen molar-refractivity contribution < 1.29 is 4.79 Å². The van der Waals surface area contributed by atoms with Crippen molar-refractivity contribution in [3.8, 4) is 0 Å². The maximum atomic E-state index is 12.5. The van der Waals surface area contributed by atoms with Crippen molar-refractivity contribution >= 4 is 16.9 Å². The summed E-state index contributed by atoms with van der Waals surface area (Å²) in [5, 5.41) is 4.68. The van der Waals surface area contributed by atoms with Gasteiger partial charge in [0.15, 0.2) is 0 Å². The summed E-state index contributed by atoms with van der Waals surface area (Å²) in [6, 6.07) is 7.38. The number of nitrogens with zero attached hydrogens (tertiary/aromatic N) is 2. The van der Waals surface area contributed by atoms with Gasteiger partial charge in [0.05, 0.1) is 0 Å². The van der Waals surface area contributed by atoms with Gasteiger partial charge in [-0.25, -0.2) is 4.79 Å². The Morgan fingerprint density at radius 2 is 2.16 bits per heavy atom. The molecule has 2 N–H and O–H groups in total. The van der Waals surface area contributed by atoms with Crippen LogP contribution in [0.2, 0.25) is 0 Å². The van der Waals surface area contributed by atoms with Crippen molar-refractivity contribution in [3.63, 3.8) is 0 Å². The molecule has 0 radical (unpaired) electrons. The standard InChI is InChI=1S/C20H28N4O/c1-4-24(5-2)20(25)22-14-10-16-15-7-6-8-17-19(15)13(11-21-17)9-18(16)23(3)12-14/h6-8,11,14,16,18,21H,4-5,9-10,12H2,1-3H3,(H,22,25)/t14-,16+,18+/m1/s1. The number of aromatic nitrogens is 1. The van der Waals surface area contributed by atoms with E-state index in [9.17, 15) is 4.79 Å². The molecule has 1 saturated heterocycles. The monoisotopic (exact) mass is 340 g/mol. The molecule has 2 amide bonds. The van der Waals surface area contributed by atoms with Crippen LogP contribution in [-0.4, -0.2) is 59.6 Å². The molecule has 2 aliphatic rings. The molecule has 2 aromatic rings. The third-order valence-electron chi connectivity index (χ3n) is 6.10. The lowest BCUT2D eigenvalue weighted by Gasteiger charge is -2.45. The van der Waals surface area contributed by atoms with E-state index in [1.165, 1.54) is 22.0 Å². The summed E-state index contributed by atoms with van der Waals surface area (Å²) in [6.45, 7) is 6.48. The van der Waals surface area contributed by atoms with Crippen LogP contribution in [0.4, 0.5) is 4.79 Å². The van der Waals surface area contributed by atoms with Crippen LogP contribution >= 0.6 is 0 Å². The lowest BCUT2D eigenvalue weighted by atomic mass is 9.74. The van der Waals surface area contributed by atoms with E-state index >= 15 is 0 Å². The summed E-state index contributed by atoms with van der Waals surface area (Å²) in [4.78, 5) is 20.2. The second kappa shape index (κ2) is 6.37. The third kappa shape index (κ3) is 2.71. The molecule has 5 nitrogen and oxygen atoms in total. The summed E-state index contributed by atoms with van der Waals surface area (Å²) in [6.07, 6.45) is 4.28. The molecule has 1 aliphatic heterocycles. The minimum atomic E-state index is 0.0678. The van der Waals surface area contributed by atoms with Gasteiger partial charge in [-0.1, -0.05) is 12.1 Å². The maximum Gasteiger partial charge on any atom is 0.317 e. The van der Waals surface area contributed by atoms with Crippen LogP contribution < -0.4 is 5.32 Å². The zero-order valence-electron chi connectivity index (χ0n) is 15.4. The molecular formula is C20H28N4O. The number of urea groups is 1. The average molecular weight is 340 g/mol. The fourth-order valence-corrected chi connectivity index (χ4v) is 4.82. The lowest BCUT2D eigenvalue weighted by Crippen LogP contribution is -2.56. The minimum absolute atomic E-state index is 0.0678. The molecule has 134 valence electrons. The van der Waals surface area contributed by atoms with Crippen LogP contribution in [0.5, 0.6) is 0 Å². The van der Waals surface area contributed by atoms with E-state index in [1.54, 1.807) is 0 Å². The van der Waals surface area contributed by atoms with Crippen molar-refractivity contribution in [1.82, 2.24) is 20.1 Å². The number of aromatic amines is 1. The van der Waals surface area contributed by atoms with Gasteiger partial charge in [0.2, 0.25) is 0 Å². The molecule has 0 spiro atoms. The number of nitrogens with one attached hydrogen (secondary N) is 2. The molecule has 3 atom stereocenters. The van der Waals surface area contributed by atoms with Gasteiger partial charge in [-0.2, -0.15) is 0 Å². The maximum absolute atomic E-state index is 12.5. The predicted molar refractivity (Wildman–Crippen MR) is 101 cm³/mol. The quantitative estimate of drug-likeness (QED) is 0.903. The number of rotatable bonds is 3. The highest BCUT2D eigenvalue weighted by atomic mass is 16.2. The number of likely N-dealkylation sites (tertiary alicyclic amines) is 1. The Morgan fingerprint density at radius 3 is 2.92 bits per heavy atom. The number of H-pyrrole nitrogens is 1. The van der Waals surface area contributed by atoms with Crippen molar-refractivity contribution in [2.75, 3.05) is 26.7 Å². The van der Waals surface area contributed by atoms with E-state index in [-0.39, 0.29) is 12.1 Å². The molecular weight excluding hydrogens is 312 g/mol. The number of carbonyl (C=O) groups excluding carboxylic acids is 1. The predicted octanol–water partition coefficient (Wildman–Crippen LogP) is 2.93. The molecule has 2 heterocycles. The van der Waals surface area contributed by atoms with Gasteiger partial charge in [-0.15, -0.1) is 0 Å². The summed E-state index contributed by atoms with van der Waals surface area (Å²) in [7, 11) is 2.20. The Balaban J connectivity index is 1.60. The Kier molecular flexibility index (Phi) is 4.20. The summed E-state index contributed by atoms with van der Waals surface area (Å²) < 4.78 is 0. The van der Waals surface area contributed by atoms with Crippen LogP contribution in [-0.2, 0) is 6.42 Å². The molecule has 25 heavy (non-hydrogen) atoms. The zero-order valence-corrected chi connectivity index (χ0v) is 15.4. The number of fused-ring (bicyclic) bond motifs is 2. The Bertz CT molecular complexity index is 779. The van der Waals surface area contributed by atoms with E-state index in [4.69, 9.17) is 0 Å². The van der Waals surface area contributed by atoms with E-state index in [2.05, 4.69) is 46.6 Å². The van der Waals surface area contributed by atoms with Crippen molar-refractivity contribution in [2.24, 2.45) is 0 Å². The van der Waals surface area contributed by atoms with E-state index in [0.717, 1.165) is 32.5 Å². The third-order valence-corrected chi connectivity index (χ3v) is 6.10. The second-order valence-corrected chi connectivity index (χ2v) is 7.46. The van der Waals surface area contributed by atoms with Gasteiger partial charge in [-0.05, 0) is 50.9 Å². The Hall–Kier alpha value is -2.01. The number of amides is 2. The van der Waals surface area contributed by atoms with Crippen LogP contribution in [0.15, 0.2) is 24.4 Å². The van der Waals surface area contributed by atoms with Gasteiger partial charge in [0.25, 0.3) is 0 Å². The molecule has 1 aliphatic carbocycles. The minimum Gasteiger partial charge on any atom is -0.361 e. The topological polar surface area (TPSA) is 51.4 Å². The van der Waals surface area contributed by atoms with Crippen molar-refractivity contribution in [3.05, 3.63) is 35.5 Å². The molecule has 0 saturated carbocycles. The molecule has 5 heteroatoms.